The van der Waals surface area contributed by atoms with Crippen molar-refractivity contribution in [3.8, 4) is 0 Å². The molecular weight excluding hydrogens is 214 g/mol. The number of thioether (sulfide) groups is 1. The summed E-state index contributed by atoms with van der Waals surface area (Å²) >= 11 is 3.23. The maximum atomic E-state index is 9.24. The average molecular weight is 225 g/mol. The zero-order valence-electron chi connectivity index (χ0n) is 7.78. The molecule has 2 nitrogen and oxygen atoms in total. The zero-order chi connectivity index (χ0) is 10.1. The summed E-state index contributed by atoms with van der Waals surface area (Å²) in [6.45, 7) is 0.00977. The summed E-state index contributed by atoms with van der Waals surface area (Å²) in [5.74, 6) is 0. The van der Waals surface area contributed by atoms with E-state index < -0.39 is 0 Å². The largest absolute Gasteiger partial charge is 0.397 e. The third-order valence-electron chi connectivity index (χ3n) is 2.23. The Morgan fingerprint density at radius 2 is 2.36 bits per heavy atom. The van der Waals surface area contributed by atoms with E-state index >= 15 is 0 Å². The molecule has 0 unspecified atom stereocenters. The lowest BCUT2D eigenvalue weighted by molar-refractivity contribution is 0.280. The van der Waals surface area contributed by atoms with E-state index in [9.17, 15) is 5.11 Å². The molecule has 74 valence electrons. The van der Waals surface area contributed by atoms with Gasteiger partial charge in [0.25, 0.3) is 0 Å². The summed E-state index contributed by atoms with van der Waals surface area (Å²) in [7, 11) is 0. The highest BCUT2D eigenvalue weighted by molar-refractivity contribution is 7.98. The number of nitrogens with two attached hydrogens (primary N) is 1. The minimum absolute atomic E-state index is 0.00977. The number of thiophene rings is 1. The van der Waals surface area contributed by atoms with Crippen molar-refractivity contribution in [2.45, 2.75) is 11.5 Å². The minimum atomic E-state index is 0.00977. The first kappa shape index (κ1) is 9.83. The third kappa shape index (κ3) is 1.39. The number of aliphatic hydroxyl groups excluding tert-OH is 1. The zero-order valence-corrected chi connectivity index (χ0v) is 9.41. The highest BCUT2D eigenvalue weighted by atomic mass is 32.2. The Labute approximate surface area is 90.7 Å². The van der Waals surface area contributed by atoms with Gasteiger partial charge in [0.15, 0.2) is 0 Å². The molecule has 1 heterocycles. The maximum Gasteiger partial charge on any atom is 0.0713 e. The smallest absolute Gasteiger partial charge is 0.0713 e. The van der Waals surface area contributed by atoms with Crippen LogP contribution in [0.15, 0.2) is 22.4 Å². The Morgan fingerprint density at radius 3 is 3.00 bits per heavy atom. The van der Waals surface area contributed by atoms with Crippen LogP contribution in [0.1, 0.15) is 5.56 Å². The molecule has 1 aromatic carbocycles. The van der Waals surface area contributed by atoms with Crippen molar-refractivity contribution >= 4 is 38.9 Å². The summed E-state index contributed by atoms with van der Waals surface area (Å²) in [4.78, 5) is 1.07. The molecule has 0 amide bonds. The van der Waals surface area contributed by atoms with E-state index in [4.69, 9.17) is 5.73 Å². The highest BCUT2D eigenvalue weighted by Crippen LogP contribution is 2.35. The number of fused-ring (bicyclic) bond motifs is 1. The van der Waals surface area contributed by atoms with Crippen LogP contribution in [-0.2, 0) is 6.61 Å². The molecule has 2 aromatic rings. The summed E-state index contributed by atoms with van der Waals surface area (Å²) in [5.41, 5.74) is 7.57. The molecular formula is C10H11NOS2. The number of benzene rings is 1. The van der Waals surface area contributed by atoms with Gasteiger partial charge < -0.3 is 10.8 Å². The first-order valence-electron chi connectivity index (χ1n) is 4.21. The van der Waals surface area contributed by atoms with Crippen molar-refractivity contribution in [1.82, 2.24) is 0 Å². The molecule has 0 aliphatic heterocycles. The molecule has 14 heavy (non-hydrogen) atoms. The van der Waals surface area contributed by atoms with Crippen molar-refractivity contribution in [2.75, 3.05) is 12.0 Å². The van der Waals surface area contributed by atoms with E-state index in [1.165, 1.54) is 0 Å². The Bertz CT molecular complexity index is 464. The molecule has 0 atom stereocenters. The first-order valence-corrected chi connectivity index (χ1v) is 6.31. The SMILES string of the molecule is CSc1cc2ccsc2c(N)c1CO. The van der Waals surface area contributed by atoms with Gasteiger partial charge in [-0.3, -0.25) is 0 Å². The Hall–Kier alpha value is -0.710. The number of hydrogen-bond donors (Lipinski definition) is 2. The molecule has 2 rings (SSSR count). The summed E-state index contributed by atoms with van der Waals surface area (Å²) in [5, 5.41) is 12.4. The molecule has 3 N–H and O–H groups in total. The summed E-state index contributed by atoms with van der Waals surface area (Å²) in [6.07, 6.45) is 1.99. The van der Waals surface area contributed by atoms with Crippen LogP contribution in [0.2, 0.25) is 0 Å². The van der Waals surface area contributed by atoms with Gasteiger partial charge in [0.1, 0.15) is 0 Å². The van der Waals surface area contributed by atoms with Gasteiger partial charge in [-0.05, 0) is 29.2 Å². The number of aliphatic hydroxyl groups is 1. The van der Waals surface area contributed by atoms with Crippen LogP contribution in [0.4, 0.5) is 5.69 Å². The lowest BCUT2D eigenvalue weighted by Gasteiger charge is -2.09. The van der Waals surface area contributed by atoms with Crippen LogP contribution in [0.5, 0.6) is 0 Å². The third-order valence-corrected chi connectivity index (χ3v) is 4.00. The number of nitrogen functional groups attached to an aromatic ring is 1. The lowest BCUT2D eigenvalue weighted by Crippen LogP contribution is -1.96. The van der Waals surface area contributed by atoms with Gasteiger partial charge in [0, 0.05) is 10.5 Å². The van der Waals surface area contributed by atoms with Gasteiger partial charge in [-0.1, -0.05) is 0 Å². The molecule has 0 aliphatic rings. The fourth-order valence-electron chi connectivity index (χ4n) is 1.50. The van der Waals surface area contributed by atoms with E-state index in [0.717, 1.165) is 26.2 Å². The first-order chi connectivity index (χ1) is 6.77. The predicted octanol–water partition coefficient (Wildman–Crippen LogP) is 2.70. The monoisotopic (exact) mass is 225 g/mol. The van der Waals surface area contributed by atoms with Gasteiger partial charge in [-0.25, -0.2) is 0 Å². The van der Waals surface area contributed by atoms with Gasteiger partial charge >= 0.3 is 0 Å². The molecule has 4 heteroatoms. The molecule has 0 saturated heterocycles. The van der Waals surface area contributed by atoms with Crippen molar-refractivity contribution < 1.29 is 5.11 Å². The summed E-state index contributed by atoms with van der Waals surface area (Å²) < 4.78 is 1.08. The second kappa shape index (κ2) is 3.81. The predicted molar refractivity (Wildman–Crippen MR) is 63.9 cm³/mol. The molecule has 0 radical (unpaired) electrons. The fraction of sp³-hybridized carbons (Fsp3) is 0.200. The normalized spacial score (nSPS) is 11.0. The van der Waals surface area contributed by atoms with Crippen LogP contribution in [0, 0.1) is 0 Å². The lowest BCUT2D eigenvalue weighted by atomic mass is 10.1. The standard InChI is InChI=1S/C10H11NOS2/c1-13-8-4-6-2-3-14-10(6)9(11)7(8)5-12/h2-4,12H,5,11H2,1H3. The maximum absolute atomic E-state index is 9.24. The van der Waals surface area contributed by atoms with Gasteiger partial charge in [-0.2, -0.15) is 0 Å². The van der Waals surface area contributed by atoms with Crippen LogP contribution in [0.25, 0.3) is 10.1 Å². The van der Waals surface area contributed by atoms with Crippen molar-refractivity contribution in [1.29, 1.82) is 0 Å². The molecule has 0 spiro atoms. The Kier molecular flexibility index (Phi) is 2.67. The number of rotatable bonds is 2. The van der Waals surface area contributed by atoms with E-state index in [1.54, 1.807) is 23.1 Å². The van der Waals surface area contributed by atoms with Crippen LogP contribution < -0.4 is 5.73 Å². The number of anilines is 1. The molecule has 0 saturated carbocycles. The average Bonchev–Trinajstić information content (AvgIpc) is 2.65. The minimum Gasteiger partial charge on any atom is -0.397 e. The van der Waals surface area contributed by atoms with Crippen molar-refractivity contribution in [2.24, 2.45) is 0 Å². The fourth-order valence-corrected chi connectivity index (χ4v) is 3.02. The van der Waals surface area contributed by atoms with Gasteiger partial charge in [0.2, 0.25) is 0 Å². The van der Waals surface area contributed by atoms with Crippen LogP contribution in [0.3, 0.4) is 0 Å². The number of hydrogen-bond acceptors (Lipinski definition) is 4. The summed E-state index contributed by atoms with van der Waals surface area (Å²) in [6, 6.07) is 4.13. The second-order valence-corrected chi connectivity index (χ2v) is 4.73. The van der Waals surface area contributed by atoms with E-state index in [1.807, 2.05) is 11.6 Å². The van der Waals surface area contributed by atoms with Gasteiger partial charge in [-0.15, -0.1) is 23.1 Å². The van der Waals surface area contributed by atoms with Crippen LogP contribution in [-0.4, -0.2) is 11.4 Å². The van der Waals surface area contributed by atoms with E-state index in [0.29, 0.717) is 0 Å². The molecule has 0 fully saturated rings. The Morgan fingerprint density at radius 1 is 1.57 bits per heavy atom. The highest BCUT2D eigenvalue weighted by Gasteiger charge is 2.10. The quantitative estimate of drug-likeness (QED) is 0.610. The van der Waals surface area contributed by atoms with E-state index in [-0.39, 0.29) is 6.61 Å². The molecule has 0 aliphatic carbocycles. The van der Waals surface area contributed by atoms with E-state index in [2.05, 4.69) is 12.1 Å². The molecule has 0 bridgehead atoms. The van der Waals surface area contributed by atoms with Crippen LogP contribution >= 0.6 is 23.1 Å². The topological polar surface area (TPSA) is 46.2 Å². The van der Waals surface area contributed by atoms with Crippen molar-refractivity contribution in [3.05, 3.63) is 23.1 Å². The second-order valence-electron chi connectivity index (χ2n) is 2.97. The van der Waals surface area contributed by atoms with Gasteiger partial charge in [0.05, 0.1) is 17.0 Å². The molecule has 1 aromatic heterocycles. The Balaban J connectivity index is 2.79. The van der Waals surface area contributed by atoms with Crippen molar-refractivity contribution in [3.63, 3.8) is 0 Å².